The Hall–Kier alpha value is -1.92. The molecular weight excluding hydrogens is 282 g/mol. The summed E-state index contributed by atoms with van der Waals surface area (Å²) in [4.78, 5) is 23.9. The van der Waals surface area contributed by atoms with Gasteiger partial charge in [-0.25, -0.2) is 0 Å². The number of morpholine rings is 1. The lowest BCUT2D eigenvalue weighted by Gasteiger charge is -2.24. The van der Waals surface area contributed by atoms with E-state index < -0.39 is 6.04 Å². The van der Waals surface area contributed by atoms with Gasteiger partial charge in [-0.05, 0) is 12.5 Å². The lowest BCUT2D eigenvalue weighted by Crippen LogP contribution is -2.48. The standard InChI is InChI=1S/C16H23N3O3/c1-12(16(21)18-10-13-5-3-2-4-6-13)19-15(20)9-14-11-22-8-7-17-14/h2-6,12,14,17H,7-11H2,1H3,(H,18,21)(H,19,20). The Bertz CT molecular complexity index is 487. The molecule has 1 fully saturated rings. The predicted molar refractivity (Wildman–Crippen MR) is 83.1 cm³/mol. The van der Waals surface area contributed by atoms with Gasteiger partial charge in [0.05, 0.1) is 13.2 Å². The first-order valence-corrected chi connectivity index (χ1v) is 7.57. The molecule has 1 aromatic rings. The highest BCUT2D eigenvalue weighted by Crippen LogP contribution is 2.00. The molecule has 0 bridgehead atoms. The molecular formula is C16H23N3O3. The topological polar surface area (TPSA) is 79.5 Å². The van der Waals surface area contributed by atoms with Crippen LogP contribution in [0.25, 0.3) is 0 Å². The Morgan fingerprint density at radius 3 is 2.82 bits per heavy atom. The number of nitrogens with one attached hydrogen (secondary N) is 3. The van der Waals surface area contributed by atoms with Gasteiger partial charge in [-0.3, -0.25) is 9.59 Å². The molecule has 0 aliphatic carbocycles. The zero-order valence-electron chi connectivity index (χ0n) is 12.8. The van der Waals surface area contributed by atoms with Gasteiger partial charge < -0.3 is 20.7 Å². The minimum absolute atomic E-state index is 0.0216. The zero-order chi connectivity index (χ0) is 15.8. The third-order valence-electron chi connectivity index (χ3n) is 3.51. The number of amides is 2. The number of hydrogen-bond acceptors (Lipinski definition) is 4. The largest absolute Gasteiger partial charge is 0.378 e. The van der Waals surface area contributed by atoms with E-state index in [2.05, 4.69) is 16.0 Å². The smallest absolute Gasteiger partial charge is 0.242 e. The first-order valence-electron chi connectivity index (χ1n) is 7.57. The highest BCUT2D eigenvalue weighted by Gasteiger charge is 2.20. The van der Waals surface area contributed by atoms with Gasteiger partial charge in [-0.15, -0.1) is 0 Å². The molecule has 6 heteroatoms. The number of carbonyl (C=O) groups is 2. The van der Waals surface area contributed by atoms with Crippen LogP contribution in [-0.2, 0) is 20.9 Å². The molecule has 1 aromatic carbocycles. The number of carbonyl (C=O) groups excluding carboxylic acids is 2. The first-order chi connectivity index (χ1) is 10.6. The van der Waals surface area contributed by atoms with Crippen LogP contribution in [-0.4, -0.2) is 43.7 Å². The normalized spacial score (nSPS) is 19.2. The number of hydrogen-bond donors (Lipinski definition) is 3. The molecule has 0 saturated carbocycles. The molecule has 1 saturated heterocycles. The molecule has 2 rings (SSSR count). The van der Waals surface area contributed by atoms with Crippen molar-refractivity contribution >= 4 is 11.8 Å². The van der Waals surface area contributed by atoms with Gasteiger partial charge in [0.2, 0.25) is 11.8 Å². The molecule has 1 aliphatic heterocycles. The molecule has 0 aromatic heterocycles. The second-order valence-electron chi connectivity index (χ2n) is 5.42. The van der Waals surface area contributed by atoms with Gasteiger partial charge in [0.1, 0.15) is 6.04 Å². The third-order valence-corrected chi connectivity index (χ3v) is 3.51. The van der Waals surface area contributed by atoms with Crippen molar-refractivity contribution in [1.29, 1.82) is 0 Å². The first kappa shape index (κ1) is 16.5. The van der Waals surface area contributed by atoms with E-state index in [1.165, 1.54) is 0 Å². The Morgan fingerprint density at radius 1 is 1.36 bits per heavy atom. The Kier molecular flexibility index (Phi) is 6.36. The van der Waals surface area contributed by atoms with Gasteiger partial charge in [0.15, 0.2) is 0 Å². The van der Waals surface area contributed by atoms with E-state index >= 15 is 0 Å². The molecule has 3 N–H and O–H groups in total. The molecule has 0 radical (unpaired) electrons. The van der Waals surface area contributed by atoms with Gasteiger partial charge in [-0.2, -0.15) is 0 Å². The third kappa shape index (κ3) is 5.46. The van der Waals surface area contributed by atoms with Crippen molar-refractivity contribution in [2.45, 2.75) is 32.0 Å². The average molecular weight is 305 g/mol. The van der Waals surface area contributed by atoms with Crippen LogP contribution in [0.2, 0.25) is 0 Å². The highest BCUT2D eigenvalue weighted by atomic mass is 16.5. The molecule has 0 spiro atoms. The molecule has 6 nitrogen and oxygen atoms in total. The summed E-state index contributed by atoms with van der Waals surface area (Å²) >= 11 is 0. The van der Waals surface area contributed by atoms with Crippen molar-refractivity contribution in [1.82, 2.24) is 16.0 Å². The zero-order valence-corrected chi connectivity index (χ0v) is 12.8. The maximum Gasteiger partial charge on any atom is 0.242 e. The summed E-state index contributed by atoms with van der Waals surface area (Å²) in [5, 5.41) is 8.74. The van der Waals surface area contributed by atoms with E-state index in [4.69, 9.17) is 4.74 Å². The minimum atomic E-state index is -0.555. The molecule has 120 valence electrons. The van der Waals surface area contributed by atoms with Crippen molar-refractivity contribution in [2.75, 3.05) is 19.8 Å². The van der Waals surface area contributed by atoms with Crippen LogP contribution in [0.3, 0.4) is 0 Å². The van der Waals surface area contributed by atoms with Crippen LogP contribution < -0.4 is 16.0 Å². The quantitative estimate of drug-likeness (QED) is 0.701. The molecule has 2 amide bonds. The van der Waals surface area contributed by atoms with Gasteiger partial charge in [0, 0.05) is 25.6 Å². The van der Waals surface area contributed by atoms with Gasteiger partial charge >= 0.3 is 0 Å². The minimum Gasteiger partial charge on any atom is -0.378 e. The van der Waals surface area contributed by atoms with E-state index in [0.717, 1.165) is 12.1 Å². The van der Waals surface area contributed by atoms with Crippen molar-refractivity contribution in [3.8, 4) is 0 Å². The Labute approximate surface area is 130 Å². The number of rotatable bonds is 6. The van der Waals surface area contributed by atoms with E-state index in [1.54, 1.807) is 6.92 Å². The van der Waals surface area contributed by atoms with Crippen LogP contribution >= 0.6 is 0 Å². The Morgan fingerprint density at radius 2 is 2.14 bits per heavy atom. The fourth-order valence-corrected chi connectivity index (χ4v) is 2.28. The second kappa shape index (κ2) is 8.51. The lowest BCUT2D eigenvalue weighted by molar-refractivity contribution is -0.129. The van der Waals surface area contributed by atoms with Crippen LogP contribution in [0.5, 0.6) is 0 Å². The predicted octanol–water partition coefficient (Wildman–Crippen LogP) is 0.186. The monoisotopic (exact) mass is 305 g/mol. The average Bonchev–Trinajstić information content (AvgIpc) is 2.54. The molecule has 1 aliphatic rings. The maximum absolute atomic E-state index is 12.0. The molecule has 22 heavy (non-hydrogen) atoms. The summed E-state index contributed by atoms with van der Waals surface area (Å²) < 4.78 is 5.30. The summed E-state index contributed by atoms with van der Waals surface area (Å²) in [6.07, 6.45) is 0.316. The fourth-order valence-electron chi connectivity index (χ4n) is 2.28. The maximum atomic E-state index is 12.0. The molecule has 2 atom stereocenters. The summed E-state index contributed by atoms with van der Waals surface area (Å²) in [6.45, 7) is 4.10. The molecule has 1 heterocycles. The van der Waals surface area contributed by atoms with E-state index in [9.17, 15) is 9.59 Å². The van der Waals surface area contributed by atoms with Crippen LogP contribution in [0.15, 0.2) is 30.3 Å². The lowest BCUT2D eigenvalue weighted by atomic mass is 10.1. The van der Waals surface area contributed by atoms with Crippen LogP contribution in [0, 0.1) is 0 Å². The Balaban J connectivity index is 1.69. The van der Waals surface area contributed by atoms with Gasteiger partial charge in [0.25, 0.3) is 0 Å². The number of ether oxygens (including phenoxy) is 1. The van der Waals surface area contributed by atoms with E-state index in [1.807, 2.05) is 30.3 Å². The van der Waals surface area contributed by atoms with E-state index in [0.29, 0.717) is 26.2 Å². The SMILES string of the molecule is CC(NC(=O)CC1COCCN1)C(=O)NCc1ccccc1. The van der Waals surface area contributed by atoms with Gasteiger partial charge in [-0.1, -0.05) is 30.3 Å². The van der Waals surface area contributed by atoms with Crippen molar-refractivity contribution in [3.05, 3.63) is 35.9 Å². The molecule has 2 unspecified atom stereocenters. The van der Waals surface area contributed by atoms with Crippen LogP contribution in [0.4, 0.5) is 0 Å². The number of benzene rings is 1. The summed E-state index contributed by atoms with van der Waals surface area (Å²) in [5.41, 5.74) is 1.03. The fraction of sp³-hybridized carbons (Fsp3) is 0.500. The van der Waals surface area contributed by atoms with Crippen LogP contribution in [0.1, 0.15) is 18.9 Å². The van der Waals surface area contributed by atoms with Crippen molar-refractivity contribution in [2.24, 2.45) is 0 Å². The van der Waals surface area contributed by atoms with E-state index in [-0.39, 0.29) is 17.9 Å². The summed E-state index contributed by atoms with van der Waals surface area (Å²) in [7, 11) is 0. The summed E-state index contributed by atoms with van der Waals surface area (Å²) in [5.74, 6) is -0.338. The van der Waals surface area contributed by atoms with Crippen molar-refractivity contribution in [3.63, 3.8) is 0 Å². The second-order valence-corrected chi connectivity index (χ2v) is 5.42. The van der Waals surface area contributed by atoms with Crippen molar-refractivity contribution < 1.29 is 14.3 Å². The summed E-state index contributed by atoms with van der Waals surface area (Å²) in [6, 6.07) is 9.13. The highest BCUT2D eigenvalue weighted by molar-refractivity contribution is 5.87.